The predicted molar refractivity (Wildman–Crippen MR) is 87.9 cm³/mol. The van der Waals surface area contributed by atoms with Crippen LogP contribution in [0.3, 0.4) is 0 Å². The van der Waals surface area contributed by atoms with E-state index in [9.17, 15) is 0 Å². The molecule has 0 saturated heterocycles. The molecule has 1 heteroatoms. The minimum Gasteiger partial charge on any atom is -0.0917 e. The van der Waals surface area contributed by atoms with Crippen LogP contribution in [0.15, 0.2) is 36.4 Å². The number of benzene rings is 1. The molecule has 1 aliphatic rings. The number of hydrogen-bond donors (Lipinski definition) is 0. The molecule has 1 fully saturated rings. The first-order chi connectivity index (χ1) is 8.79. The van der Waals surface area contributed by atoms with Gasteiger partial charge < -0.3 is 0 Å². The smallest absolute Gasteiger partial charge is 0.0130 e. The van der Waals surface area contributed by atoms with Crippen LogP contribution in [0.2, 0.25) is 0 Å². The highest BCUT2D eigenvalue weighted by atomic mass is 127. The SMILES string of the molecule is C/C=C/CCC1CCC(c2ccc(I)cc2)CC1. The van der Waals surface area contributed by atoms with Gasteiger partial charge >= 0.3 is 0 Å². The zero-order chi connectivity index (χ0) is 12.8. The molecule has 18 heavy (non-hydrogen) atoms. The summed E-state index contributed by atoms with van der Waals surface area (Å²) in [6, 6.07) is 9.14. The van der Waals surface area contributed by atoms with Gasteiger partial charge in [0, 0.05) is 3.57 Å². The molecule has 0 nitrogen and oxygen atoms in total. The predicted octanol–water partition coefficient (Wildman–Crippen LogP) is 5.92. The highest BCUT2D eigenvalue weighted by Crippen LogP contribution is 2.37. The van der Waals surface area contributed by atoms with Gasteiger partial charge in [-0.1, -0.05) is 24.3 Å². The Morgan fingerprint density at radius 3 is 2.39 bits per heavy atom. The molecule has 1 aromatic rings. The van der Waals surface area contributed by atoms with Crippen LogP contribution in [-0.4, -0.2) is 0 Å². The van der Waals surface area contributed by atoms with E-state index in [0.29, 0.717) is 0 Å². The Labute approximate surface area is 125 Å². The largest absolute Gasteiger partial charge is 0.0917 e. The average molecular weight is 354 g/mol. The van der Waals surface area contributed by atoms with Crippen molar-refractivity contribution in [3.63, 3.8) is 0 Å². The molecule has 98 valence electrons. The first-order valence-electron chi connectivity index (χ1n) is 7.16. The van der Waals surface area contributed by atoms with Crippen LogP contribution < -0.4 is 0 Å². The molecule has 0 spiro atoms. The van der Waals surface area contributed by atoms with Gasteiger partial charge in [0.25, 0.3) is 0 Å². The van der Waals surface area contributed by atoms with Crippen LogP contribution >= 0.6 is 22.6 Å². The Kier molecular flexibility index (Phi) is 5.74. The average Bonchev–Trinajstić information content (AvgIpc) is 2.41. The Balaban J connectivity index is 1.81. The van der Waals surface area contributed by atoms with Crippen LogP contribution in [0, 0.1) is 9.49 Å². The molecule has 1 saturated carbocycles. The van der Waals surface area contributed by atoms with Crippen molar-refractivity contribution in [1.29, 1.82) is 0 Å². The van der Waals surface area contributed by atoms with Gasteiger partial charge in [-0.15, -0.1) is 0 Å². The van der Waals surface area contributed by atoms with E-state index in [2.05, 4.69) is 65.9 Å². The monoisotopic (exact) mass is 354 g/mol. The molecular formula is C17H23I. The fourth-order valence-corrected chi connectivity index (χ4v) is 3.38. The summed E-state index contributed by atoms with van der Waals surface area (Å²) in [5.41, 5.74) is 1.56. The van der Waals surface area contributed by atoms with E-state index in [1.807, 2.05) is 0 Å². The molecule has 0 unspecified atom stereocenters. The summed E-state index contributed by atoms with van der Waals surface area (Å²) >= 11 is 2.38. The lowest BCUT2D eigenvalue weighted by Gasteiger charge is -2.28. The van der Waals surface area contributed by atoms with Crippen LogP contribution in [-0.2, 0) is 0 Å². The van der Waals surface area contributed by atoms with E-state index in [1.54, 1.807) is 5.56 Å². The van der Waals surface area contributed by atoms with Crippen molar-refractivity contribution >= 4 is 22.6 Å². The van der Waals surface area contributed by atoms with Crippen molar-refractivity contribution in [1.82, 2.24) is 0 Å². The number of allylic oxidation sites excluding steroid dienone is 2. The van der Waals surface area contributed by atoms with E-state index in [-0.39, 0.29) is 0 Å². The lowest BCUT2D eigenvalue weighted by molar-refractivity contribution is 0.312. The molecule has 1 aromatic carbocycles. The van der Waals surface area contributed by atoms with Crippen LogP contribution in [0.4, 0.5) is 0 Å². The van der Waals surface area contributed by atoms with Gasteiger partial charge in [0.2, 0.25) is 0 Å². The molecule has 0 amide bonds. The van der Waals surface area contributed by atoms with Crippen molar-refractivity contribution in [3.8, 4) is 0 Å². The fraction of sp³-hybridized carbons (Fsp3) is 0.529. The molecule has 0 radical (unpaired) electrons. The zero-order valence-electron chi connectivity index (χ0n) is 11.2. The van der Waals surface area contributed by atoms with Gasteiger partial charge in [0.15, 0.2) is 0 Å². The lowest BCUT2D eigenvalue weighted by Crippen LogP contribution is -2.13. The van der Waals surface area contributed by atoms with Crippen molar-refractivity contribution in [2.45, 2.75) is 51.4 Å². The standard InChI is InChI=1S/C17H23I/c1-2-3-4-5-14-6-8-15(9-7-14)16-10-12-17(18)13-11-16/h2-3,10-15H,4-9H2,1H3/b3-2+. The van der Waals surface area contributed by atoms with Crippen molar-refractivity contribution in [2.75, 3.05) is 0 Å². The summed E-state index contributed by atoms with van der Waals surface area (Å²) in [6.45, 7) is 2.12. The third kappa shape index (κ3) is 4.11. The first kappa shape index (κ1) is 14.1. The normalized spacial score (nSPS) is 24.6. The van der Waals surface area contributed by atoms with Gasteiger partial charge in [-0.25, -0.2) is 0 Å². The number of hydrogen-bond acceptors (Lipinski definition) is 0. The third-order valence-corrected chi connectivity index (χ3v) is 4.88. The maximum absolute atomic E-state index is 2.38. The molecule has 0 aromatic heterocycles. The first-order valence-corrected chi connectivity index (χ1v) is 8.24. The van der Waals surface area contributed by atoms with E-state index in [1.165, 1.54) is 42.1 Å². The minimum absolute atomic E-state index is 0.819. The van der Waals surface area contributed by atoms with Gasteiger partial charge in [-0.05, 0) is 97.6 Å². The van der Waals surface area contributed by atoms with E-state index >= 15 is 0 Å². The van der Waals surface area contributed by atoms with Crippen LogP contribution in [0.25, 0.3) is 0 Å². The maximum Gasteiger partial charge on any atom is 0.0130 e. The molecule has 2 rings (SSSR count). The Morgan fingerprint density at radius 1 is 1.11 bits per heavy atom. The second-order valence-electron chi connectivity index (χ2n) is 5.42. The van der Waals surface area contributed by atoms with Crippen molar-refractivity contribution in [2.24, 2.45) is 5.92 Å². The molecule has 0 N–H and O–H groups in total. The van der Waals surface area contributed by atoms with Gasteiger partial charge in [-0.2, -0.15) is 0 Å². The van der Waals surface area contributed by atoms with E-state index in [4.69, 9.17) is 0 Å². The Morgan fingerprint density at radius 2 is 1.78 bits per heavy atom. The van der Waals surface area contributed by atoms with E-state index in [0.717, 1.165) is 11.8 Å². The highest BCUT2D eigenvalue weighted by Gasteiger charge is 2.21. The molecule has 0 aliphatic heterocycles. The number of halogens is 1. The Hall–Kier alpha value is -0.310. The topological polar surface area (TPSA) is 0 Å². The van der Waals surface area contributed by atoms with Crippen molar-refractivity contribution in [3.05, 3.63) is 45.6 Å². The number of rotatable bonds is 4. The van der Waals surface area contributed by atoms with E-state index < -0.39 is 0 Å². The molecule has 0 heterocycles. The van der Waals surface area contributed by atoms with Gasteiger partial charge in [0.1, 0.15) is 0 Å². The summed E-state index contributed by atoms with van der Waals surface area (Å²) in [5.74, 6) is 1.79. The zero-order valence-corrected chi connectivity index (χ0v) is 13.4. The Bertz CT molecular complexity index is 369. The summed E-state index contributed by atoms with van der Waals surface area (Å²) in [4.78, 5) is 0. The van der Waals surface area contributed by atoms with Crippen LogP contribution in [0.1, 0.15) is 56.9 Å². The molecule has 1 aliphatic carbocycles. The molecule has 0 bridgehead atoms. The minimum atomic E-state index is 0.819. The molecular weight excluding hydrogens is 331 g/mol. The molecule has 0 atom stereocenters. The summed E-state index contributed by atoms with van der Waals surface area (Å²) in [6.07, 6.45) is 12.8. The summed E-state index contributed by atoms with van der Waals surface area (Å²) < 4.78 is 1.34. The second-order valence-corrected chi connectivity index (χ2v) is 6.66. The second kappa shape index (κ2) is 7.32. The fourth-order valence-electron chi connectivity index (χ4n) is 3.02. The van der Waals surface area contributed by atoms with Crippen molar-refractivity contribution < 1.29 is 0 Å². The quantitative estimate of drug-likeness (QED) is 0.465. The van der Waals surface area contributed by atoms with Gasteiger partial charge in [0.05, 0.1) is 0 Å². The van der Waals surface area contributed by atoms with Crippen LogP contribution in [0.5, 0.6) is 0 Å². The highest BCUT2D eigenvalue weighted by molar-refractivity contribution is 14.1. The maximum atomic E-state index is 2.38. The third-order valence-electron chi connectivity index (χ3n) is 4.17. The summed E-state index contributed by atoms with van der Waals surface area (Å²) in [5, 5.41) is 0. The lowest BCUT2D eigenvalue weighted by atomic mass is 9.77. The summed E-state index contributed by atoms with van der Waals surface area (Å²) in [7, 11) is 0. The van der Waals surface area contributed by atoms with Gasteiger partial charge in [-0.3, -0.25) is 0 Å².